The molecule has 112 valence electrons. The predicted octanol–water partition coefficient (Wildman–Crippen LogP) is 3.18. The first-order valence-corrected chi connectivity index (χ1v) is 8.85. The SMILES string of the molecule is CCCNCC1(Cc2nc(C)cs2)CCOC1C1CC1. The van der Waals surface area contributed by atoms with Gasteiger partial charge in [0.05, 0.1) is 11.1 Å². The fourth-order valence-electron chi connectivity index (χ4n) is 3.48. The van der Waals surface area contributed by atoms with E-state index in [0.717, 1.165) is 37.7 Å². The van der Waals surface area contributed by atoms with Gasteiger partial charge in [-0.3, -0.25) is 0 Å². The van der Waals surface area contributed by atoms with E-state index in [0.29, 0.717) is 6.10 Å². The van der Waals surface area contributed by atoms with Crippen molar-refractivity contribution in [2.75, 3.05) is 19.7 Å². The fourth-order valence-corrected chi connectivity index (χ4v) is 4.41. The van der Waals surface area contributed by atoms with E-state index in [9.17, 15) is 0 Å². The van der Waals surface area contributed by atoms with Crippen molar-refractivity contribution in [2.45, 2.75) is 52.1 Å². The molecule has 0 spiro atoms. The summed E-state index contributed by atoms with van der Waals surface area (Å²) in [7, 11) is 0. The molecule has 0 aromatic carbocycles. The van der Waals surface area contributed by atoms with Crippen LogP contribution >= 0.6 is 11.3 Å². The number of nitrogens with one attached hydrogen (secondary N) is 1. The molecule has 4 heteroatoms. The zero-order valence-electron chi connectivity index (χ0n) is 12.7. The summed E-state index contributed by atoms with van der Waals surface area (Å²) < 4.78 is 6.14. The lowest BCUT2D eigenvalue weighted by Crippen LogP contribution is -2.43. The Morgan fingerprint density at radius 2 is 2.35 bits per heavy atom. The van der Waals surface area contributed by atoms with E-state index >= 15 is 0 Å². The Kier molecular flexibility index (Phi) is 4.43. The molecule has 2 heterocycles. The Bertz CT molecular complexity index is 443. The maximum Gasteiger partial charge on any atom is 0.0935 e. The summed E-state index contributed by atoms with van der Waals surface area (Å²) >= 11 is 1.81. The average molecular weight is 294 g/mol. The van der Waals surface area contributed by atoms with Crippen LogP contribution in [0.5, 0.6) is 0 Å². The maximum absolute atomic E-state index is 6.14. The van der Waals surface area contributed by atoms with Gasteiger partial charge in [0.15, 0.2) is 0 Å². The van der Waals surface area contributed by atoms with E-state index in [-0.39, 0.29) is 5.41 Å². The van der Waals surface area contributed by atoms with E-state index < -0.39 is 0 Å². The number of nitrogens with zero attached hydrogens (tertiary/aromatic N) is 1. The van der Waals surface area contributed by atoms with Gasteiger partial charge in [-0.25, -0.2) is 4.98 Å². The first-order chi connectivity index (χ1) is 9.73. The second-order valence-corrected chi connectivity index (χ2v) is 7.42. The van der Waals surface area contributed by atoms with Crippen LogP contribution in [-0.2, 0) is 11.2 Å². The van der Waals surface area contributed by atoms with Crippen molar-refractivity contribution in [1.29, 1.82) is 0 Å². The molecule has 2 unspecified atom stereocenters. The highest BCUT2D eigenvalue weighted by atomic mass is 32.1. The summed E-state index contributed by atoms with van der Waals surface area (Å²) in [5, 5.41) is 7.11. The number of hydrogen-bond acceptors (Lipinski definition) is 4. The van der Waals surface area contributed by atoms with Crippen LogP contribution in [0.4, 0.5) is 0 Å². The van der Waals surface area contributed by atoms with Crippen LogP contribution in [0.1, 0.15) is 43.3 Å². The van der Waals surface area contributed by atoms with Gasteiger partial charge < -0.3 is 10.1 Å². The number of aromatic nitrogens is 1. The van der Waals surface area contributed by atoms with Crippen LogP contribution in [0, 0.1) is 18.3 Å². The highest BCUT2D eigenvalue weighted by molar-refractivity contribution is 7.09. The number of rotatable bonds is 7. The van der Waals surface area contributed by atoms with E-state index in [1.807, 2.05) is 11.3 Å². The van der Waals surface area contributed by atoms with E-state index in [2.05, 4.69) is 24.5 Å². The normalized spacial score (nSPS) is 30.0. The van der Waals surface area contributed by atoms with Crippen LogP contribution < -0.4 is 5.32 Å². The monoisotopic (exact) mass is 294 g/mol. The molecule has 1 aliphatic heterocycles. The largest absolute Gasteiger partial charge is 0.377 e. The summed E-state index contributed by atoms with van der Waals surface area (Å²) in [4.78, 5) is 4.70. The molecule has 3 nitrogen and oxygen atoms in total. The first kappa shape index (κ1) is 14.5. The second kappa shape index (κ2) is 6.12. The standard InChI is InChI=1S/C16H26N2OS/c1-3-7-17-11-16(9-14-18-12(2)10-20-14)6-8-19-15(16)13-4-5-13/h10,13,15,17H,3-9,11H2,1-2H3. The van der Waals surface area contributed by atoms with Gasteiger partial charge in [0.2, 0.25) is 0 Å². The van der Waals surface area contributed by atoms with Crippen LogP contribution in [0.15, 0.2) is 5.38 Å². The number of hydrogen-bond donors (Lipinski definition) is 1. The predicted molar refractivity (Wildman–Crippen MR) is 83.2 cm³/mol. The van der Waals surface area contributed by atoms with Crippen LogP contribution in [0.25, 0.3) is 0 Å². The highest BCUT2D eigenvalue weighted by Gasteiger charge is 2.50. The van der Waals surface area contributed by atoms with Gasteiger partial charge in [-0.1, -0.05) is 6.92 Å². The van der Waals surface area contributed by atoms with E-state index in [1.165, 1.54) is 30.7 Å². The topological polar surface area (TPSA) is 34.2 Å². The Morgan fingerprint density at radius 3 is 3.00 bits per heavy atom. The van der Waals surface area contributed by atoms with E-state index in [4.69, 9.17) is 9.72 Å². The average Bonchev–Trinajstić information content (AvgIpc) is 3.07. The van der Waals surface area contributed by atoms with Crippen molar-refractivity contribution in [1.82, 2.24) is 10.3 Å². The van der Waals surface area contributed by atoms with Crippen molar-refractivity contribution in [3.8, 4) is 0 Å². The molecule has 1 aromatic heterocycles. The van der Waals surface area contributed by atoms with Crippen molar-refractivity contribution in [3.63, 3.8) is 0 Å². The lowest BCUT2D eigenvalue weighted by atomic mass is 9.76. The second-order valence-electron chi connectivity index (χ2n) is 6.48. The van der Waals surface area contributed by atoms with Gasteiger partial charge >= 0.3 is 0 Å². The molecule has 1 aliphatic carbocycles. The zero-order valence-corrected chi connectivity index (χ0v) is 13.5. The van der Waals surface area contributed by atoms with E-state index in [1.54, 1.807) is 0 Å². The van der Waals surface area contributed by atoms with Gasteiger partial charge in [0.25, 0.3) is 0 Å². The molecule has 1 aromatic rings. The minimum Gasteiger partial charge on any atom is -0.377 e. The quantitative estimate of drug-likeness (QED) is 0.784. The maximum atomic E-state index is 6.14. The van der Waals surface area contributed by atoms with Crippen molar-refractivity contribution >= 4 is 11.3 Å². The molecule has 1 N–H and O–H groups in total. The summed E-state index contributed by atoms with van der Waals surface area (Å²) in [6, 6.07) is 0. The van der Waals surface area contributed by atoms with Crippen LogP contribution in [0.3, 0.4) is 0 Å². The molecular formula is C16H26N2OS. The van der Waals surface area contributed by atoms with Crippen LogP contribution in [0.2, 0.25) is 0 Å². The summed E-state index contributed by atoms with van der Waals surface area (Å²) in [5.41, 5.74) is 1.43. The lowest BCUT2D eigenvalue weighted by molar-refractivity contribution is 0.0307. The summed E-state index contributed by atoms with van der Waals surface area (Å²) in [6.45, 7) is 7.44. The van der Waals surface area contributed by atoms with Gasteiger partial charge in [-0.05, 0) is 45.1 Å². The number of thiazole rings is 1. The highest BCUT2D eigenvalue weighted by Crippen LogP contribution is 2.49. The van der Waals surface area contributed by atoms with Gasteiger partial charge in [-0.15, -0.1) is 11.3 Å². The molecule has 1 saturated heterocycles. The summed E-state index contributed by atoms with van der Waals surface area (Å²) in [5.74, 6) is 0.807. The lowest BCUT2D eigenvalue weighted by Gasteiger charge is -2.34. The molecule has 1 saturated carbocycles. The summed E-state index contributed by atoms with van der Waals surface area (Å²) in [6.07, 6.45) is 6.64. The molecule has 2 aliphatic rings. The molecule has 2 atom stereocenters. The third-order valence-electron chi connectivity index (χ3n) is 4.62. The van der Waals surface area contributed by atoms with Crippen molar-refractivity contribution in [3.05, 3.63) is 16.1 Å². The molecule has 0 amide bonds. The Morgan fingerprint density at radius 1 is 1.50 bits per heavy atom. The zero-order chi connectivity index (χ0) is 14.0. The van der Waals surface area contributed by atoms with Crippen molar-refractivity contribution < 1.29 is 4.74 Å². The molecule has 0 bridgehead atoms. The smallest absolute Gasteiger partial charge is 0.0935 e. The molecular weight excluding hydrogens is 268 g/mol. The van der Waals surface area contributed by atoms with Crippen LogP contribution in [-0.4, -0.2) is 30.8 Å². The molecule has 2 fully saturated rings. The Labute approximate surface area is 126 Å². The Hall–Kier alpha value is -0.450. The molecule has 3 rings (SSSR count). The molecule has 20 heavy (non-hydrogen) atoms. The minimum atomic E-state index is 0.278. The van der Waals surface area contributed by atoms with Crippen molar-refractivity contribution in [2.24, 2.45) is 11.3 Å². The Balaban J connectivity index is 1.74. The fraction of sp³-hybridized carbons (Fsp3) is 0.812. The first-order valence-electron chi connectivity index (χ1n) is 7.97. The molecule has 0 radical (unpaired) electrons. The number of ether oxygens (including phenoxy) is 1. The van der Waals surface area contributed by atoms with Gasteiger partial charge in [0.1, 0.15) is 0 Å². The van der Waals surface area contributed by atoms with Gasteiger partial charge in [0, 0.05) is 36.1 Å². The number of aryl methyl sites for hydroxylation is 1. The third-order valence-corrected chi connectivity index (χ3v) is 5.59. The third kappa shape index (κ3) is 3.07. The van der Waals surface area contributed by atoms with Gasteiger partial charge in [-0.2, -0.15) is 0 Å². The minimum absolute atomic E-state index is 0.278.